The molecule has 0 saturated carbocycles. The number of hydrogen-bond acceptors (Lipinski definition) is 3. The van der Waals surface area contributed by atoms with Gasteiger partial charge in [0.25, 0.3) is 5.91 Å². The van der Waals surface area contributed by atoms with Gasteiger partial charge in [0.2, 0.25) is 0 Å². The summed E-state index contributed by atoms with van der Waals surface area (Å²) < 4.78 is 5.60. The second kappa shape index (κ2) is 8.64. The number of fused-ring (bicyclic) bond motifs is 1. The maximum absolute atomic E-state index is 12.7. The highest BCUT2D eigenvalue weighted by molar-refractivity contribution is 5.94. The Hall–Kier alpha value is -2.88. The number of anilines is 1. The summed E-state index contributed by atoms with van der Waals surface area (Å²) in [6.07, 6.45) is 1.01. The summed E-state index contributed by atoms with van der Waals surface area (Å²) in [5.74, 6) is 1.01. The number of benzene rings is 2. The lowest BCUT2D eigenvalue weighted by Gasteiger charge is -2.32. The molecule has 3 N–H and O–H groups in total. The largest absolute Gasteiger partial charge is 0.493 e. The fourth-order valence-electron chi connectivity index (χ4n) is 4.29. The molecular formula is C23H28N4O2+2. The first-order chi connectivity index (χ1) is 14.1. The van der Waals surface area contributed by atoms with E-state index in [0.29, 0.717) is 11.3 Å². The van der Waals surface area contributed by atoms with Crippen LogP contribution >= 0.6 is 0 Å². The Morgan fingerprint density at radius 1 is 1.21 bits per heavy atom. The van der Waals surface area contributed by atoms with Crippen molar-refractivity contribution in [1.82, 2.24) is 0 Å². The van der Waals surface area contributed by atoms with Crippen molar-refractivity contribution in [2.24, 2.45) is 0 Å². The van der Waals surface area contributed by atoms with Gasteiger partial charge < -0.3 is 19.9 Å². The van der Waals surface area contributed by atoms with Gasteiger partial charge in [0, 0.05) is 12.0 Å². The molecule has 150 valence electrons. The number of quaternary nitrogens is 2. The Bertz CT molecular complexity index is 929. The van der Waals surface area contributed by atoms with Gasteiger partial charge in [-0.3, -0.25) is 4.79 Å². The van der Waals surface area contributed by atoms with Crippen LogP contribution in [0.15, 0.2) is 42.5 Å². The van der Waals surface area contributed by atoms with Crippen LogP contribution in [-0.2, 0) is 17.8 Å². The second-order valence-corrected chi connectivity index (χ2v) is 7.99. The van der Waals surface area contributed by atoms with Gasteiger partial charge in [0.05, 0.1) is 17.9 Å². The lowest BCUT2D eigenvalue weighted by Crippen LogP contribution is -3.29. The third-order valence-electron chi connectivity index (χ3n) is 6.12. The van der Waals surface area contributed by atoms with E-state index in [4.69, 9.17) is 4.74 Å². The van der Waals surface area contributed by atoms with Gasteiger partial charge in [0.1, 0.15) is 44.5 Å². The second-order valence-electron chi connectivity index (χ2n) is 7.99. The van der Waals surface area contributed by atoms with E-state index in [1.54, 1.807) is 23.1 Å². The molecule has 0 radical (unpaired) electrons. The van der Waals surface area contributed by atoms with Crippen molar-refractivity contribution in [1.29, 1.82) is 5.26 Å². The molecule has 2 aromatic carbocycles. The molecule has 4 rings (SSSR count). The van der Waals surface area contributed by atoms with Crippen LogP contribution in [0.2, 0.25) is 0 Å². The summed E-state index contributed by atoms with van der Waals surface area (Å²) in [6.45, 7) is 7.84. The lowest BCUT2D eigenvalue weighted by molar-refractivity contribution is -1.02. The lowest BCUT2D eigenvalue weighted by atomic mass is 10.1. The molecule has 1 atom stereocenters. The first-order valence-corrected chi connectivity index (χ1v) is 10.4. The van der Waals surface area contributed by atoms with Crippen molar-refractivity contribution in [3.05, 3.63) is 59.2 Å². The molecule has 0 spiro atoms. The van der Waals surface area contributed by atoms with E-state index in [2.05, 4.69) is 29.6 Å². The van der Waals surface area contributed by atoms with Crippen molar-refractivity contribution in [2.45, 2.75) is 25.9 Å². The Labute approximate surface area is 171 Å². The zero-order valence-corrected chi connectivity index (χ0v) is 16.8. The third kappa shape index (κ3) is 4.42. The minimum atomic E-state index is -0.138. The zero-order valence-electron chi connectivity index (χ0n) is 16.8. The van der Waals surface area contributed by atoms with Crippen LogP contribution < -0.4 is 19.9 Å². The van der Waals surface area contributed by atoms with E-state index in [-0.39, 0.29) is 11.9 Å². The highest BCUT2D eigenvalue weighted by atomic mass is 16.5. The minimum absolute atomic E-state index is 0.0234. The standard InChI is InChI=1S/C23H26N4O2/c1-17(23(28)25-21-5-3-2-4-20(21)15-24)27-11-9-26(10-12-27)16-18-6-7-22-19(14-18)8-13-29-22/h2-7,14,17H,8-13,16H2,1H3,(H,25,28)/p+2/t17-/m0/s1. The van der Waals surface area contributed by atoms with Gasteiger partial charge in [-0.2, -0.15) is 5.26 Å². The predicted octanol–water partition coefficient (Wildman–Crippen LogP) is -0.196. The van der Waals surface area contributed by atoms with Crippen molar-refractivity contribution >= 4 is 11.6 Å². The number of carbonyl (C=O) groups is 1. The van der Waals surface area contributed by atoms with Gasteiger partial charge in [0.15, 0.2) is 6.04 Å². The average molecular weight is 393 g/mol. The minimum Gasteiger partial charge on any atom is -0.493 e. The molecule has 1 saturated heterocycles. The van der Waals surface area contributed by atoms with Crippen LogP contribution in [0, 0.1) is 11.3 Å². The summed E-state index contributed by atoms with van der Waals surface area (Å²) in [5.41, 5.74) is 3.79. The van der Waals surface area contributed by atoms with Gasteiger partial charge in [-0.1, -0.05) is 12.1 Å². The van der Waals surface area contributed by atoms with Crippen LogP contribution in [0.3, 0.4) is 0 Å². The molecular weight excluding hydrogens is 364 g/mol. The highest BCUT2D eigenvalue weighted by Crippen LogP contribution is 2.25. The Balaban J connectivity index is 1.29. The van der Waals surface area contributed by atoms with Crippen molar-refractivity contribution in [3.63, 3.8) is 0 Å². The fourth-order valence-corrected chi connectivity index (χ4v) is 4.29. The maximum atomic E-state index is 12.7. The zero-order chi connectivity index (χ0) is 20.2. The number of hydrogen-bond donors (Lipinski definition) is 3. The van der Waals surface area contributed by atoms with Gasteiger partial charge >= 0.3 is 0 Å². The Kier molecular flexibility index (Phi) is 5.79. The molecule has 0 unspecified atom stereocenters. The van der Waals surface area contributed by atoms with Crippen LogP contribution in [0.5, 0.6) is 5.75 Å². The number of amides is 1. The molecule has 2 heterocycles. The maximum Gasteiger partial charge on any atom is 0.282 e. The van der Waals surface area contributed by atoms with E-state index in [1.807, 2.05) is 13.0 Å². The molecule has 1 fully saturated rings. The summed E-state index contributed by atoms with van der Waals surface area (Å²) in [4.78, 5) is 15.6. The molecule has 6 nitrogen and oxygen atoms in total. The first-order valence-electron chi connectivity index (χ1n) is 10.4. The Morgan fingerprint density at radius 3 is 2.79 bits per heavy atom. The molecule has 1 amide bonds. The number of rotatable bonds is 5. The van der Waals surface area contributed by atoms with Crippen LogP contribution in [0.1, 0.15) is 23.6 Å². The molecule has 0 aliphatic carbocycles. The molecule has 6 heteroatoms. The highest BCUT2D eigenvalue weighted by Gasteiger charge is 2.31. The summed E-state index contributed by atoms with van der Waals surface area (Å²) in [5, 5.41) is 12.1. The van der Waals surface area contributed by atoms with Gasteiger partial charge in [-0.25, -0.2) is 0 Å². The number of carbonyl (C=O) groups excluding carboxylic acids is 1. The van der Waals surface area contributed by atoms with Crippen LogP contribution in [0.4, 0.5) is 5.69 Å². The normalized spacial score (nSPS) is 21.5. The van der Waals surface area contributed by atoms with Crippen molar-refractivity contribution in [2.75, 3.05) is 38.1 Å². The van der Waals surface area contributed by atoms with Crippen molar-refractivity contribution < 1.29 is 19.3 Å². The number of nitrogens with zero attached hydrogens (tertiary/aromatic N) is 1. The SMILES string of the molecule is C[C@@H](C(=O)Nc1ccccc1C#N)[NH+]1CC[NH+](Cc2ccc3c(c2)CCO3)CC1. The summed E-state index contributed by atoms with van der Waals surface area (Å²) in [7, 11) is 0. The molecule has 2 aliphatic rings. The summed E-state index contributed by atoms with van der Waals surface area (Å²) in [6, 6.07) is 15.7. The quantitative estimate of drug-likeness (QED) is 0.660. The molecule has 2 aliphatic heterocycles. The fraction of sp³-hybridized carbons (Fsp3) is 0.391. The van der Waals surface area contributed by atoms with Crippen LogP contribution in [0.25, 0.3) is 0 Å². The smallest absolute Gasteiger partial charge is 0.282 e. The topological polar surface area (TPSA) is 71.0 Å². The molecule has 0 aromatic heterocycles. The van der Waals surface area contributed by atoms with E-state index in [1.165, 1.54) is 16.0 Å². The Morgan fingerprint density at radius 2 is 2.00 bits per heavy atom. The monoisotopic (exact) mass is 392 g/mol. The number of piperazine rings is 1. The van der Waals surface area contributed by atoms with Crippen molar-refractivity contribution in [3.8, 4) is 11.8 Å². The number of para-hydroxylation sites is 1. The van der Waals surface area contributed by atoms with E-state index < -0.39 is 0 Å². The number of nitriles is 1. The van der Waals surface area contributed by atoms with Gasteiger partial charge in [-0.15, -0.1) is 0 Å². The average Bonchev–Trinajstić information content (AvgIpc) is 3.22. The number of ether oxygens (including phenoxy) is 1. The number of nitrogens with one attached hydrogen (secondary N) is 3. The molecule has 2 aromatic rings. The third-order valence-corrected chi connectivity index (χ3v) is 6.12. The molecule has 29 heavy (non-hydrogen) atoms. The van der Waals surface area contributed by atoms with E-state index >= 15 is 0 Å². The predicted molar refractivity (Wildman–Crippen MR) is 110 cm³/mol. The van der Waals surface area contributed by atoms with E-state index in [0.717, 1.165) is 51.5 Å². The first kappa shape index (κ1) is 19.4. The molecule has 0 bridgehead atoms. The van der Waals surface area contributed by atoms with Crippen LogP contribution in [-0.4, -0.2) is 44.7 Å². The van der Waals surface area contributed by atoms with Gasteiger partial charge in [-0.05, 0) is 42.8 Å². The summed E-state index contributed by atoms with van der Waals surface area (Å²) >= 11 is 0. The van der Waals surface area contributed by atoms with E-state index in [9.17, 15) is 10.1 Å².